The van der Waals surface area contributed by atoms with Gasteiger partial charge in [0.05, 0.1) is 0 Å². The highest BCUT2D eigenvalue weighted by Crippen LogP contribution is 2.35. The molecule has 0 aromatic heterocycles. The molecule has 0 saturated carbocycles. The quantitative estimate of drug-likeness (QED) is 0.610. The Hall–Kier alpha value is -1.79. The Balaban J connectivity index is 2.32. The summed E-state index contributed by atoms with van der Waals surface area (Å²) in [4.78, 5) is 11.2. The fourth-order valence-electron chi connectivity index (χ4n) is 1.33. The van der Waals surface area contributed by atoms with Crippen molar-refractivity contribution in [2.75, 3.05) is 6.79 Å². The molecule has 1 aromatic rings. The molecular weight excluding hydrogens is 244 g/mol. The van der Waals surface area contributed by atoms with Gasteiger partial charge in [0.2, 0.25) is 12.6 Å². The smallest absolute Gasteiger partial charge is 0.368 e. The molecule has 1 aromatic carbocycles. The number of fused-ring (bicyclic) bond motifs is 1. The van der Waals surface area contributed by atoms with Crippen molar-refractivity contribution >= 4 is 5.78 Å². The number of alkyl halides is 4. The number of ketones is 1. The monoisotopic (exact) mass is 250 g/mol. The normalized spacial score (nSPS) is 14.2. The Kier molecular flexibility index (Phi) is 2.68. The van der Waals surface area contributed by atoms with E-state index < -0.39 is 23.7 Å². The Bertz CT molecular complexity index is 459. The van der Waals surface area contributed by atoms with Crippen LogP contribution >= 0.6 is 0 Å². The third-order valence-electron chi connectivity index (χ3n) is 2.21. The van der Waals surface area contributed by atoms with E-state index in [2.05, 4.69) is 0 Å². The average Bonchev–Trinajstić information content (AvgIpc) is 2.74. The Labute approximate surface area is 92.9 Å². The van der Waals surface area contributed by atoms with Gasteiger partial charge in [0.15, 0.2) is 11.5 Å². The number of Topliss-reactive ketones (excluding diaryl/α,β-unsaturated/α-hetero) is 1. The Morgan fingerprint density at radius 1 is 1.24 bits per heavy atom. The SMILES string of the molecule is O=C(c1ccc2c(c1)OCO2)C(F)(F)C(F)F. The molecule has 1 heterocycles. The van der Waals surface area contributed by atoms with Crippen LogP contribution < -0.4 is 9.47 Å². The highest BCUT2D eigenvalue weighted by Gasteiger charge is 2.49. The maximum atomic E-state index is 12.8. The van der Waals surface area contributed by atoms with Gasteiger partial charge in [0, 0.05) is 5.56 Å². The van der Waals surface area contributed by atoms with Crippen molar-refractivity contribution in [2.45, 2.75) is 12.3 Å². The van der Waals surface area contributed by atoms with Gasteiger partial charge >= 0.3 is 12.3 Å². The van der Waals surface area contributed by atoms with E-state index in [0.717, 1.165) is 12.1 Å². The van der Waals surface area contributed by atoms with E-state index in [4.69, 9.17) is 9.47 Å². The zero-order chi connectivity index (χ0) is 12.6. The van der Waals surface area contributed by atoms with Gasteiger partial charge in [-0.1, -0.05) is 0 Å². The molecule has 0 aliphatic carbocycles. The molecule has 1 aliphatic rings. The number of hydrogen-bond donors (Lipinski definition) is 0. The van der Waals surface area contributed by atoms with E-state index in [1.165, 1.54) is 6.07 Å². The Morgan fingerprint density at radius 2 is 1.88 bits per heavy atom. The standard InChI is InChI=1S/C10H6F4O3/c11-9(12)10(13,14)8(15)5-1-2-6-7(3-5)17-4-16-6/h1-3,9H,4H2. The van der Waals surface area contributed by atoms with Crippen molar-refractivity contribution < 1.29 is 31.8 Å². The summed E-state index contributed by atoms with van der Waals surface area (Å²) in [5.74, 6) is -6.28. The van der Waals surface area contributed by atoms with Crippen LogP contribution in [0.2, 0.25) is 0 Å². The average molecular weight is 250 g/mol. The first-order valence-electron chi connectivity index (χ1n) is 4.53. The van der Waals surface area contributed by atoms with Crippen molar-refractivity contribution in [1.82, 2.24) is 0 Å². The third-order valence-corrected chi connectivity index (χ3v) is 2.21. The number of carbonyl (C=O) groups excluding carboxylic acids is 1. The summed E-state index contributed by atoms with van der Waals surface area (Å²) in [5, 5.41) is 0. The van der Waals surface area contributed by atoms with Gasteiger partial charge in [-0.05, 0) is 18.2 Å². The highest BCUT2D eigenvalue weighted by atomic mass is 19.3. The molecule has 92 valence electrons. The van der Waals surface area contributed by atoms with Gasteiger partial charge in [0.25, 0.3) is 0 Å². The molecule has 0 unspecified atom stereocenters. The van der Waals surface area contributed by atoms with Gasteiger partial charge in [-0.15, -0.1) is 0 Å². The second-order valence-electron chi connectivity index (χ2n) is 3.32. The van der Waals surface area contributed by atoms with Crippen LogP contribution in [0.15, 0.2) is 18.2 Å². The predicted octanol–water partition coefficient (Wildman–Crippen LogP) is 2.50. The number of ether oxygens (including phenoxy) is 2. The van der Waals surface area contributed by atoms with E-state index in [0.29, 0.717) is 0 Å². The molecule has 0 atom stereocenters. The third kappa shape index (κ3) is 1.92. The summed E-state index contributed by atoms with van der Waals surface area (Å²) in [7, 11) is 0. The first-order valence-corrected chi connectivity index (χ1v) is 4.53. The second-order valence-corrected chi connectivity index (χ2v) is 3.32. The van der Waals surface area contributed by atoms with Gasteiger partial charge in [-0.2, -0.15) is 8.78 Å². The molecule has 0 bridgehead atoms. The molecule has 17 heavy (non-hydrogen) atoms. The molecule has 0 radical (unpaired) electrons. The zero-order valence-electron chi connectivity index (χ0n) is 8.25. The molecule has 0 spiro atoms. The molecule has 7 heteroatoms. The van der Waals surface area contributed by atoms with E-state index in [1.54, 1.807) is 0 Å². The van der Waals surface area contributed by atoms with Crippen LogP contribution in [0.1, 0.15) is 10.4 Å². The summed E-state index contributed by atoms with van der Waals surface area (Å²) in [6.45, 7) is -0.0990. The lowest BCUT2D eigenvalue weighted by Crippen LogP contribution is -2.36. The molecule has 1 aliphatic heterocycles. The number of hydrogen-bond acceptors (Lipinski definition) is 3. The van der Waals surface area contributed by atoms with Crippen LogP contribution in [-0.2, 0) is 0 Å². The maximum absolute atomic E-state index is 12.8. The number of rotatable bonds is 3. The lowest BCUT2D eigenvalue weighted by molar-refractivity contribution is -0.0958. The molecule has 3 nitrogen and oxygen atoms in total. The zero-order valence-corrected chi connectivity index (χ0v) is 8.25. The van der Waals surface area contributed by atoms with Crippen LogP contribution in [0.4, 0.5) is 17.6 Å². The van der Waals surface area contributed by atoms with Crippen molar-refractivity contribution in [3.05, 3.63) is 23.8 Å². The van der Waals surface area contributed by atoms with E-state index >= 15 is 0 Å². The minimum atomic E-state index is -4.70. The fourth-order valence-corrected chi connectivity index (χ4v) is 1.33. The Morgan fingerprint density at radius 3 is 2.53 bits per heavy atom. The summed E-state index contributed by atoms with van der Waals surface area (Å²) in [5.41, 5.74) is -0.542. The number of benzene rings is 1. The van der Waals surface area contributed by atoms with Crippen molar-refractivity contribution in [3.63, 3.8) is 0 Å². The summed E-state index contributed by atoms with van der Waals surface area (Å²) in [6, 6.07) is 3.17. The molecule has 0 N–H and O–H groups in total. The largest absolute Gasteiger partial charge is 0.454 e. The summed E-state index contributed by atoms with van der Waals surface area (Å²) < 4.78 is 59.4. The van der Waals surface area contributed by atoms with E-state index in [9.17, 15) is 22.4 Å². The van der Waals surface area contributed by atoms with Crippen molar-refractivity contribution in [3.8, 4) is 11.5 Å². The van der Waals surface area contributed by atoms with E-state index in [-0.39, 0.29) is 18.3 Å². The fraction of sp³-hybridized carbons (Fsp3) is 0.300. The summed E-state index contributed by atoms with van der Waals surface area (Å²) >= 11 is 0. The van der Waals surface area contributed by atoms with Gasteiger partial charge < -0.3 is 9.47 Å². The summed E-state index contributed by atoms with van der Waals surface area (Å²) in [6.07, 6.45) is -4.04. The van der Waals surface area contributed by atoms with Crippen LogP contribution in [0, 0.1) is 0 Å². The molecule has 2 rings (SSSR count). The van der Waals surface area contributed by atoms with Crippen LogP contribution in [0.25, 0.3) is 0 Å². The lowest BCUT2D eigenvalue weighted by Gasteiger charge is -2.13. The number of carbonyl (C=O) groups is 1. The van der Waals surface area contributed by atoms with Crippen LogP contribution in [-0.4, -0.2) is 24.9 Å². The maximum Gasteiger partial charge on any atom is 0.368 e. The molecular formula is C10H6F4O3. The highest BCUT2D eigenvalue weighted by molar-refractivity contribution is 6.02. The van der Waals surface area contributed by atoms with Crippen LogP contribution in [0.3, 0.4) is 0 Å². The van der Waals surface area contributed by atoms with E-state index in [1.807, 2.05) is 0 Å². The predicted molar refractivity (Wildman–Crippen MR) is 47.8 cm³/mol. The first kappa shape index (κ1) is 11.7. The van der Waals surface area contributed by atoms with Crippen molar-refractivity contribution in [1.29, 1.82) is 0 Å². The topological polar surface area (TPSA) is 35.5 Å². The van der Waals surface area contributed by atoms with Crippen LogP contribution in [0.5, 0.6) is 11.5 Å². The minimum absolute atomic E-state index is 0.0842. The van der Waals surface area contributed by atoms with Gasteiger partial charge in [-0.3, -0.25) is 4.79 Å². The van der Waals surface area contributed by atoms with Crippen molar-refractivity contribution in [2.24, 2.45) is 0 Å². The molecule has 0 fully saturated rings. The minimum Gasteiger partial charge on any atom is -0.454 e. The first-order chi connectivity index (χ1) is 7.93. The molecule has 0 saturated heterocycles. The number of halogens is 4. The molecule has 0 amide bonds. The van der Waals surface area contributed by atoms with Gasteiger partial charge in [-0.25, -0.2) is 8.78 Å². The van der Waals surface area contributed by atoms with Gasteiger partial charge in [0.1, 0.15) is 0 Å². The lowest BCUT2D eigenvalue weighted by atomic mass is 10.1. The second kappa shape index (κ2) is 3.90.